The SMILES string of the molecule is CC(C)(C)c1cc(NC(=O)NCc2ccccc2Sc2ccc3nnc(-c4ccccc4OCCOC4CCCCO4)n3c2)n(-c2cccc(OCc3ccccc3)c2)n1. The van der Waals surface area contributed by atoms with Crippen molar-refractivity contribution in [3.8, 4) is 28.6 Å². The Bertz CT molecular complexity index is 2530. The maximum atomic E-state index is 13.6. The van der Waals surface area contributed by atoms with E-state index in [1.54, 1.807) is 16.4 Å². The van der Waals surface area contributed by atoms with E-state index in [4.69, 9.17) is 24.0 Å². The van der Waals surface area contributed by atoms with Crippen LogP contribution in [0.4, 0.5) is 10.6 Å². The van der Waals surface area contributed by atoms with Gasteiger partial charge in [0.25, 0.3) is 0 Å². The van der Waals surface area contributed by atoms with E-state index in [1.165, 1.54) is 0 Å². The molecule has 1 aliphatic heterocycles. The Morgan fingerprint density at radius 3 is 2.55 bits per heavy atom. The van der Waals surface area contributed by atoms with Gasteiger partial charge in [0.05, 0.1) is 23.6 Å². The first-order valence-corrected chi connectivity index (χ1v) is 21.1. The largest absolute Gasteiger partial charge is 0.490 e. The van der Waals surface area contributed by atoms with Crippen molar-refractivity contribution in [2.45, 2.75) is 74.7 Å². The number of carbonyl (C=O) groups excluding carboxylic acids is 1. The summed E-state index contributed by atoms with van der Waals surface area (Å²) in [5.41, 5.74) is 4.96. The molecule has 0 radical (unpaired) electrons. The molecule has 1 atom stereocenters. The zero-order valence-corrected chi connectivity index (χ0v) is 34.9. The van der Waals surface area contributed by atoms with Gasteiger partial charge < -0.3 is 24.3 Å². The fourth-order valence-electron chi connectivity index (χ4n) is 6.76. The molecule has 1 aliphatic rings. The second-order valence-corrected chi connectivity index (χ2v) is 16.6. The summed E-state index contributed by atoms with van der Waals surface area (Å²) in [5, 5.41) is 20.0. The molecule has 13 heteroatoms. The van der Waals surface area contributed by atoms with Crippen molar-refractivity contribution < 1.29 is 23.7 Å². The maximum absolute atomic E-state index is 13.6. The first-order valence-electron chi connectivity index (χ1n) is 20.3. The first-order chi connectivity index (χ1) is 29.3. The molecule has 308 valence electrons. The lowest BCUT2D eigenvalue weighted by Crippen LogP contribution is -2.29. The second-order valence-electron chi connectivity index (χ2n) is 15.5. The molecule has 4 aromatic carbocycles. The van der Waals surface area contributed by atoms with Crippen LogP contribution in [0.5, 0.6) is 11.5 Å². The fourth-order valence-corrected chi connectivity index (χ4v) is 7.72. The van der Waals surface area contributed by atoms with Gasteiger partial charge in [-0.05, 0) is 72.9 Å². The maximum Gasteiger partial charge on any atom is 0.320 e. The number of urea groups is 1. The Balaban J connectivity index is 0.937. The average molecular weight is 824 g/mol. The zero-order chi connectivity index (χ0) is 41.3. The smallest absolute Gasteiger partial charge is 0.320 e. The van der Waals surface area contributed by atoms with Gasteiger partial charge in [-0.15, -0.1) is 10.2 Å². The van der Waals surface area contributed by atoms with E-state index in [2.05, 4.69) is 47.7 Å². The third kappa shape index (κ3) is 10.2. The van der Waals surface area contributed by atoms with E-state index in [9.17, 15) is 4.79 Å². The molecule has 1 unspecified atom stereocenters. The summed E-state index contributed by atoms with van der Waals surface area (Å²) in [7, 11) is 0. The van der Waals surface area contributed by atoms with E-state index in [0.29, 0.717) is 55.2 Å². The van der Waals surface area contributed by atoms with Gasteiger partial charge >= 0.3 is 6.03 Å². The van der Waals surface area contributed by atoms with Crippen LogP contribution < -0.4 is 20.1 Å². The van der Waals surface area contributed by atoms with E-state index in [-0.39, 0.29) is 17.7 Å². The molecule has 2 N–H and O–H groups in total. The van der Waals surface area contributed by atoms with Crippen LogP contribution in [-0.4, -0.2) is 56.5 Å². The summed E-state index contributed by atoms with van der Waals surface area (Å²) < 4.78 is 27.6. The molecule has 0 saturated carbocycles. The van der Waals surface area contributed by atoms with E-state index in [1.807, 2.05) is 126 Å². The van der Waals surface area contributed by atoms with Crippen LogP contribution in [0, 0.1) is 0 Å². The minimum absolute atomic E-state index is 0.161. The highest BCUT2D eigenvalue weighted by molar-refractivity contribution is 7.99. The number of benzene rings is 4. The van der Waals surface area contributed by atoms with E-state index in [0.717, 1.165) is 63.7 Å². The monoisotopic (exact) mass is 823 g/mol. The predicted molar refractivity (Wildman–Crippen MR) is 233 cm³/mol. The lowest BCUT2D eigenvalue weighted by molar-refractivity contribution is -0.165. The summed E-state index contributed by atoms with van der Waals surface area (Å²) in [4.78, 5) is 15.5. The van der Waals surface area contributed by atoms with Gasteiger partial charge in [-0.25, -0.2) is 9.48 Å². The van der Waals surface area contributed by atoms with Crippen LogP contribution in [0.15, 0.2) is 137 Å². The number of nitrogens with one attached hydrogen (secondary N) is 2. The number of hydrogen-bond donors (Lipinski definition) is 2. The molecule has 2 amide bonds. The predicted octanol–water partition coefficient (Wildman–Crippen LogP) is 9.85. The molecule has 7 aromatic rings. The molecule has 0 spiro atoms. The van der Waals surface area contributed by atoms with Crippen LogP contribution in [-0.2, 0) is 28.0 Å². The van der Waals surface area contributed by atoms with Crippen molar-refractivity contribution in [1.82, 2.24) is 29.7 Å². The number of nitrogens with zero attached hydrogens (tertiary/aromatic N) is 5. The van der Waals surface area contributed by atoms with Crippen molar-refractivity contribution in [2.75, 3.05) is 25.1 Å². The first kappa shape index (κ1) is 40.6. The third-order valence-corrected chi connectivity index (χ3v) is 11.1. The topological polar surface area (TPSA) is 126 Å². The highest BCUT2D eigenvalue weighted by Crippen LogP contribution is 2.34. The summed E-state index contributed by atoms with van der Waals surface area (Å²) >= 11 is 1.60. The number of rotatable bonds is 15. The number of pyridine rings is 1. The number of fused-ring (bicyclic) bond motifs is 1. The molecule has 1 fully saturated rings. The molecular weight excluding hydrogens is 775 g/mol. The molecule has 3 aromatic heterocycles. The van der Waals surface area contributed by atoms with Crippen molar-refractivity contribution in [3.63, 3.8) is 0 Å². The van der Waals surface area contributed by atoms with E-state index >= 15 is 0 Å². The number of carbonyl (C=O) groups is 1. The molecule has 60 heavy (non-hydrogen) atoms. The third-order valence-electron chi connectivity index (χ3n) is 9.96. The Labute approximate surface area is 354 Å². The second kappa shape index (κ2) is 18.8. The summed E-state index contributed by atoms with van der Waals surface area (Å²) in [6.07, 6.45) is 4.97. The number of aromatic nitrogens is 5. The van der Waals surface area contributed by atoms with Gasteiger partial charge in [0.1, 0.15) is 30.5 Å². The summed E-state index contributed by atoms with van der Waals surface area (Å²) in [6.45, 7) is 8.59. The standard InChI is InChI=1S/C47H49N7O5S/c1-47(2,3)41-29-43(54(52-41)35-17-13-18-36(28-35)59-32-33-14-5-4-6-15-33)49-46(55)48-30-34-16-7-10-21-40(34)60-37-23-24-42-50-51-45(53(42)31-37)38-19-8-9-20-39(38)56-26-27-58-44-22-11-12-25-57-44/h4-10,13-21,23-24,28-29,31,44H,11-12,22,25-27,30,32H2,1-3H3,(H2,48,49,55). The average Bonchev–Trinajstić information content (AvgIpc) is 3.90. The lowest BCUT2D eigenvalue weighted by atomic mass is 9.92. The van der Waals surface area contributed by atoms with Crippen LogP contribution in [0.2, 0.25) is 0 Å². The molecule has 12 nitrogen and oxygen atoms in total. The van der Waals surface area contributed by atoms with Gasteiger partial charge in [0.15, 0.2) is 17.8 Å². The van der Waals surface area contributed by atoms with Crippen LogP contribution in [0.1, 0.15) is 56.9 Å². The number of para-hydroxylation sites is 1. The van der Waals surface area contributed by atoms with Crippen molar-refractivity contribution in [2.24, 2.45) is 0 Å². The normalized spacial score (nSPS) is 14.2. The zero-order valence-electron chi connectivity index (χ0n) is 34.0. The molecule has 0 bridgehead atoms. The van der Waals surface area contributed by atoms with Gasteiger partial charge in [-0.2, -0.15) is 5.10 Å². The van der Waals surface area contributed by atoms with Gasteiger partial charge in [0, 0.05) is 46.7 Å². The lowest BCUT2D eigenvalue weighted by Gasteiger charge is -2.22. The van der Waals surface area contributed by atoms with Gasteiger partial charge in [-0.3, -0.25) is 9.72 Å². The number of anilines is 1. The van der Waals surface area contributed by atoms with Crippen molar-refractivity contribution in [3.05, 3.63) is 144 Å². The molecule has 0 aliphatic carbocycles. The summed E-state index contributed by atoms with van der Waals surface area (Å²) in [5.74, 6) is 2.63. The van der Waals surface area contributed by atoms with Crippen LogP contribution in [0.25, 0.3) is 22.7 Å². The number of amides is 2. The van der Waals surface area contributed by atoms with Crippen LogP contribution >= 0.6 is 11.8 Å². The van der Waals surface area contributed by atoms with Gasteiger partial charge in [-0.1, -0.05) is 99.3 Å². The minimum Gasteiger partial charge on any atom is -0.490 e. The molecule has 4 heterocycles. The van der Waals surface area contributed by atoms with Crippen LogP contribution in [0.3, 0.4) is 0 Å². The van der Waals surface area contributed by atoms with Gasteiger partial charge in [0.2, 0.25) is 0 Å². The molecular formula is C47H49N7O5S. The Hall–Kier alpha value is -6.15. The number of ether oxygens (including phenoxy) is 4. The van der Waals surface area contributed by atoms with Crippen molar-refractivity contribution in [1.29, 1.82) is 0 Å². The Kier molecular flexibility index (Phi) is 12.8. The van der Waals surface area contributed by atoms with E-state index < -0.39 is 0 Å². The minimum atomic E-state index is -0.349. The molecule has 8 rings (SSSR count). The summed E-state index contributed by atoms with van der Waals surface area (Å²) in [6, 6.07) is 39.2. The fraction of sp³-hybridized carbons (Fsp3) is 0.277. The highest BCUT2D eigenvalue weighted by atomic mass is 32.2. The van der Waals surface area contributed by atoms with Crippen molar-refractivity contribution >= 4 is 29.3 Å². The Morgan fingerprint density at radius 1 is 0.867 bits per heavy atom. The Morgan fingerprint density at radius 2 is 1.70 bits per heavy atom. The highest BCUT2D eigenvalue weighted by Gasteiger charge is 2.22. The quantitative estimate of drug-likeness (QED) is 0.0973. The molecule has 1 saturated heterocycles. The number of hydrogen-bond acceptors (Lipinski definition) is 9.